The van der Waals surface area contributed by atoms with Gasteiger partial charge in [-0.15, -0.1) is 0 Å². The minimum atomic E-state index is 0.0251. The molecule has 0 heterocycles. The number of hydrogen-bond donors (Lipinski definition) is 2. The molecule has 2 aromatic rings. The van der Waals surface area contributed by atoms with Gasteiger partial charge < -0.3 is 5.73 Å². The molecule has 0 aromatic heterocycles. The quantitative estimate of drug-likeness (QED) is 0.636. The van der Waals surface area contributed by atoms with Crippen LogP contribution in [0.3, 0.4) is 0 Å². The van der Waals surface area contributed by atoms with Crippen molar-refractivity contribution in [1.82, 2.24) is 0 Å². The van der Waals surface area contributed by atoms with Crippen LogP contribution in [0.4, 0.5) is 0 Å². The molecule has 0 unspecified atom stereocenters. The van der Waals surface area contributed by atoms with Crippen molar-refractivity contribution in [3.63, 3.8) is 0 Å². The number of halogens is 2. The maximum Gasteiger partial charge on any atom is 0.122 e. The Morgan fingerprint density at radius 1 is 1.17 bits per heavy atom. The second kappa shape index (κ2) is 5.78. The first-order valence-corrected chi connectivity index (χ1v) is 7.12. The number of rotatable bonds is 3. The molecule has 0 aliphatic rings. The van der Waals surface area contributed by atoms with Crippen LogP contribution in [0.25, 0.3) is 0 Å². The Morgan fingerprint density at radius 3 is 2.39 bits per heavy atom. The first-order valence-electron chi connectivity index (χ1n) is 5.13. The molecule has 2 nitrogen and oxygen atoms in total. The SMILES string of the molecule is N=C(N)c1ccc(Sc2ccc(Br)cc2)c(Cl)c1. The summed E-state index contributed by atoms with van der Waals surface area (Å²) in [5.41, 5.74) is 6.05. The van der Waals surface area contributed by atoms with Crippen LogP contribution in [0.5, 0.6) is 0 Å². The zero-order chi connectivity index (χ0) is 13.1. The predicted octanol–water partition coefficient (Wildman–Crippen LogP) is 4.54. The summed E-state index contributed by atoms with van der Waals surface area (Å²) < 4.78 is 1.05. The summed E-state index contributed by atoms with van der Waals surface area (Å²) in [6, 6.07) is 13.4. The van der Waals surface area contributed by atoms with Crippen LogP contribution < -0.4 is 5.73 Å². The second-order valence-corrected chi connectivity index (χ2v) is 6.05. The van der Waals surface area contributed by atoms with E-state index in [4.69, 9.17) is 22.7 Å². The monoisotopic (exact) mass is 340 g/mol. The van der Waals surface area contributed by atoms with Crippen molar-refractivity contribution in [1.29, 1.82) is 5.41 Å². The molecule has 0 amide bonds. The van der Waals surface area contributed by atoms with Crippen LogP contribution in [-0.4, -0.2) is 5.84 Å². The minimum absolute atomic E-state index is 0.0251. The second-order valence-electron chi connectivity index (χ2n) is 3.61. The molecule has 0 bridgehead atoms. The minimum Gasteiger partial charge on any atom is -0.384 e. The zero-order valence-electron chi connectivity index (χ0n) is 9.28. The van der Waals surface area contributed by atoms with Crippen molar-refractivity contribution in [3.05, 3.63) is 57.5 Å². The zero-order valence-corrected chi connectivity index (χ0v) is 12.4. The fourth-order valence-corrected chi connectivity index (χ4v) is 2.76. The molecule has 2 rings (SSSR count). The number of benzene rings is 2. The molecule has 0 fully saturated rings. The summed E-state index contributed by atoms with van der Waals surface area (Å²) in [5.74, 6) is 0.0251. The molecule has 5 heteroatoms. The molecule has 0 atom stereocenters. The van der Waals surface area contributed by atoms with Gasteiger partial charge in [0.2, 0.25) is 0 Å². The molecule has 0 radical (unpaired) electrons. The summed E-state index contributed by atoms with van der Waals surface area (Å²) in [4.78, 5) is 2.06. The standard InChI is InChI=1S/C13H10BrClN2S/c14-9-2-4-10(5-3-9)18-12-6-1-8(13(16)17)7-11(12)15/h1-7H,(H3,16,17). The van der Waals surface area contributed by atoms with E-state index < -0.39 is 0 Å². The van der Waals surface area contributed by atoms with E-state index >= 15 is 0 Å². The third kappa shape index (κ3) is 3.28. The highest BCUT2D eigenvalue weighted by molar-refractivity contribution is 9.10. The largest absolute Gasteiger partial charge is 0.384 e. The van der Waals surface area contributed by atoms with Crippen molar-refractivity contribution in [2.45, 2.75) is 9.79 Å². The van der Waals surface area contributed by atoms with Crippen LogP contribution in [0, 0.1) is 5.41 Å². The topological polar surface area (TPSA) is 49.9 Å². The average molecular weight is 342 g/mol. The van der Waals surface area contributed by atoms with Gasteiger partial charge in [0.15, 0.2) is 0 Å². The van der Waals surface area contributed by atoms with Crippen molar-refractivity contribution in [2.75, 3.05) is 0 Å². The van der Waals surface area contributed by atoms with E-state index in [0.29, 0.717) is 10.6 Å². The summed E-state index contributed by atoms with van der Waals surface area (Å²) in [6.45, 7) is 0. The molecule has 2 aromatic carbocycles. The number of nitrogen functional groups attached to an aromatic ring is 1. The van der Waals surface area contributed by atoms with Crippen molar-refractivity contribution in [2.24, 2.45) is 5.73 Å². The number of nitrogens with one attached hydrogen (secondary N) is 1. The Kier molecular flexibility index (Phi) is 4.32. The Balaban J connectivity index is 2.24. The van der Waals surface area contributed by atoms with Crippen molar-refractivity contribution >= 4 is 45.1 Å². The lowest BCUT2D eigenvalue weighted by Crippen LogP contribution is -2.10. The summed E-state index contributed by atoms with van der Waals surface area (Å²) in [7, 11) is 0. The van der Waals surface area contributed by atoms with E-state index in [1.807, 2.05) is 30.3 Å². The number of amidine groups is 1. The molecule has 0 aliphatic carbocycles. The van der Waals surface area contributed by atoms with Gasteiger partial charge in [0, 0.05) is 19.8 Å². The van der Waals surface area contributed by atoms with E-state index in [2.05, 4.69) is 15.9 Å². The van der Waals surface area contributed by atoms with Gasteiger partial charge in [0.05, 0.1) is 5.02 Å². The van der Waals surface area contributed by atoms with Gasteiger partial charge in [0.1, 0.15) is 5.84 Å². The highest BCUT2D eigenvalue weighted by atomic mass is 79.9. The Labute approximate surface area is 123 Å². The first kappa shape index (κ1) is 13.5. The number of nitrogens with two attached hydrogens (primary N) is 1. The molecular formula is C13H10BrClN2S. The molecule has 0 spiro atoms. The van der Waals surface area contributed by atoms with Gasteiger partial charge in [-0.25, -0.2) is 0 Å². The predicted molar refractivity (Wildman–Crippen MR) is 80.7 cm³/mol. The van der Waals surface area contributed by atoms with E-state index in [9.17, 15) is 0 Å². The maximum absolute atomic E-state index is 7.35. The lowest BCUT2D eigenvalue weighted by Gasteiger charge is -2.06. The van der Waals surface area contributed by atoms with Gasteiger partial charge in [-0.2, -0.15) is 0 Å². The Hall–Kier alpha value is -0.970. The molecular weight excluding hydrogens is 332 g/mol. The van der Waals surface area contributed by atoms with Gasteiger partial charge in [-0.3, -0.25) is 5.41 Å². The molecule has 92 valence electrons. The third-order valence-electron chi connectivity index (χ3n) is 2.28. The summed E-state index contributed by atoms with van der Waals surface area (Å²) >= 11 is 11.1. The molecule has 0 saturated heterocycles. The molecule has 0 aliphatic heterocycles. The van der Waals surface area contributed by atoms with Crippen LogP contribution in [0.15, 0.2) is 56.7 Å². The first-order chi connectivity index (χ1) is 8.56. The van der Waals surface area contributed by atoms with Crippen LogP contribution in [0.2, 0.25) is 5.02 Å². The van der Waals surface area contributed by atoms with Crippen molar-refractivity contribution < 1.29 is 0 Å². The fraction of sp³-hybridized carbons (Fsp3) is 0. The van der Waals surface area contributed by atoms with Gasteiger partial charge >= 0.3 is 0 Å². The van der Waals surface area contributed by atoms with Crippen LogP contribution in [-0.2, 0) is 0 Å². The highest BCUT2D eigenvalue weighted by Gasteiger charge is 2.05. The normalized spacial score (nSPS) is 10.3. The van der Waals surface area contributed by atoms with Crippen LogP contribution in [0.1, 0.15) is 5.56 Å². The molecule has 3 N–H and O–H groups in total. The lowest BCUT2D eigenvalue weighted by molar-refractivity contribution is 1.37. The van der Waals surface area contributed by atoms with E-state index in [-0.39, 0.29) is 5.84 Å². The summed E-state index contributed by atoms with van der Waals surface area (Å²) in [6.07, 6.45) is 0. The van der Waals surface area contributed by atoms with E-state index in [1.54, 1.807) is 23.9 Å². The Bertz CT molecular complexity index is 584. The Morgan fingerprint density at radius 2 is 1.83 bits per heavy atom. The third-order valence-corrected chi connectivity index (χ3v) is 4.32. The summed E-state index contributed by atoms with van der Waals surface area (Å²) in [5, 5.41) is 7.96. The van der Waals surface area contributed by atoms with E-state index in [1.165, 1.54) is 0 Å². The van der Waals surface area contributed by atoms with Crippen molar-refractivity contribution in [3.8, 4) is 0 Å². The van der Waals surface area contributed by atoms with Gasteiger partial charge in [-0.1, -0.05) is 45.4 Å². The molecule has 0 saturated carbocycles. The average Bonchev–Trinajstić information content (AvgIpc) is 2.34. The van der Waals surface area contributed by atoms with Gasteiger partial charge in [0.25, 0.3) is 0 Å². The molecule has 18 heavy (non-hydrogen) atoms. The van der Waals surface area contributed by atoms with Crippen LogP contribution >= 0.6 is 39.3 Å². The van der Waals surface area contributed by atoms with Gasteiger partial charge in [-0.05, 0) is 36.4 Å². The fourth-order valence-electron chi connectivity index (χ4n) is 1.38. The lowest BCUT2D eigenvalue weighted by atomic mass is 10.2. The van der Waals surface area contributed by atoms with E-state index in [0.717, 1.165) is 14.3 Å². The highest BCUT2D eigenvalue weighted by Crippen LogP contribution is 2.34. The maximum atomic E-state index is 7.35. The number of hydrogen-bond acceptors (Lipinski definition) is 2. The smallest absolute Gasteiger partial charge is 0.122 e.